The molecule has 2 aromatic rings. The van der Waals surface area contributed by atoms with Crippen LogP contribution in [0.4, 0.5) is 11.4 Å². The lowest BCUT2D eigenvalue weighted by Crippen LogP contribution is -2.25. The Morgan fingerprint density at radius 1 is 0.935 bits per heavy atom. The summed E-state index contributed by atoms with van der Waals surface area (Å²) < 4.78 is 5.37. The van der Waals surface area contributed by atoms with Crippen LogP contribution in [0, 0.1) is 5.92 Å². The van der Waals surface area contributed by atoms with Gasteiger partial charge in [0.25, 0.3) is 5.78 Å². The van der Waals surface area contributed by atoms with E-state index in [1.54, 1.807) is 13.0 Å². The molecule has 1 aliphatic heterocycles. The number of carbonyl (C=O) groups excluding carboxylic acids is 4. The second-order valence-electron chi connectivity index (χ2n) is 7.79. The molecular weight excluding hydrogens is 398 g/mol. The van der Waals surface area contributed by atoms with Crippen LogP contribution >= 0.6 is 0 Å². The van der Waals surface area contributed by atoms with E-state index in [1.165, 1.54) is 6.07 Å². The molecule has 7 nitrogen and oxygen atoms in total. The zero-order chi connectivity index (χ0) is 22.4. The number of carbonyl (C=O) groups is 4. The van der Waals surface area contributed by atoms with Crippen molar-refractivity contribution < 1.29 is 29.0 Å². The summed E-state index contributed by atoms with van der Waals surface area (Å²) in [7, 11) is 0. The lowest BCUT2D eigenvalue weighted by atomic mass is 9.96. The summed E-state index contributed by atoms with van der Waals surface area (Å²) in [6.07, 6.45) is 0.670. The van der Waals surface area contributed by atoms with E-state index in [9.17, 15) is 24.3 Å². The minimum Gasteiger partial charge on any atom is -0.507 e. The standard InChI is InChI=1S/C24H25NO6/c1-15-10-11-20(27)23(29)19(26)9-5-6-16-12-18(25-17-7-3-2-4-8-17)13-21(28)22(16)24(30)31-14-15/h2-4,7-8,12-13,15,25,28H,5-6,9-11,14H2,1H3/t15-/m1/s1. The van der Waals surface area contributed by atoms with Gasteiger partial charge in [0.1, 0.15) is 11.3 Å². The number of benzene rings is 2. The third-order valence-electron chi connectivity index (χ3n) is 5.19. The molecule has 0 amide bonds. The summed E-state index contributed by atoms with van der Waals surface area (Å²) in [4.78, 5) is 48.7. The molecule has 31 heavy (non-hydrogen) atoms. The van der Waals surface area contributed by atoms with Crippen molar-refractivity contribution >= 4 is 34.7 Å². The summed E-state index contributed by atoms with van der Waals surface area (Å²) >= 11 is 0. The summed E-state index contributed by atoms with van der Waals surface area (Å²) in [5.41, 5.74) is 1.93. The van der Waals surface area contributed by atoms with Crippen molar-refractivity contribution in [3.8, 4) is 5.75 Å². The van der Waals surface area contributed by atoms with Gasteiger partial charge in [-0.2, -0.15) is 0 Å². The maximum Gasteiger partial charge on any atom is 0.342 e. The summed E-state index contributed by atoms with van der Waals surface area (Å²) in [6.45, 7) is 1.82. The first kappa shape index (κ1) is 22.2. The number of rotatable bonds is 2. The molecule has 0 aliphatic carbocycles. The lowest BCUT2D eigenvalue weighted by Gasteiger charge is -2.17. The van der Waals surface area contributed by atoms with Crippen molar-refractivity contribution in [3.63, 3.8) is 0 Å². The Bertz CT molecular complexity index is 999. The Labute approximate surface area is 180 Å². The van der Waals surface area contributed by atoms with Crippen LogP contribution in [0.3, 0.4) is 0 Å². The highest BCUT2D eigenvalue weighted by atomic mass is 16.5. The summed E-state index contributed by atoms with van der Waals surface area (Å²) in [6, 6.07) is 12.5. The number of hydrogen-bond donors (Lipinski definition) is 2. The molecule has 0 fully saturated rings. The number of phenolic OH excluding ortho intramolecular Hbond substituents is 1. The van der Waals surface area contributed by atoms with Gasteiger partial charge >= 0.3 is 5.97 Å². The van der Waals surface area contributed by atoms with Gasteiger partial charge in [0.05, 0.1) is 6.61 Å². The van der Waals surface area contributed by atoms with Crippen molar-refractivity contribution in [2.45, 2.75) is 39.0 Å². The van der Waals surface area contributed by atoms with Crippen LogP contribution in [-0.2, 0) is 25.5 Å². The zero-order valence-electron chi connectivity index (χ0n) is 17.3. The van der Waals surface area contributed by atoms with Gasteiger partial charge in [0, 0.05) is 30.3 Å². The molecule has 162 valence electrons. The van der Waals surface area contributed by atoms with Gasteiger partial charge < -0.3 is 15.2 Å². The van der Waals surface area contributed by atoms with E-state index in [1.807, 2.05) is 30.3 Å². The maximum atomic E-state index is 12.7. The Kier molecular flexibility index (Phi) is 7.18. The second-order valence-corrected chi connectivity index (χ2v) is 7.79. The SMILES string of the molecule is C[C@@H]1CCC(=O)C(=O)C(=O)CCCc2cc(Nc3ccccc3)cc(O)c2C(=O)OC1. The molecule has 0 unspecified atom stereocenters. The van der Waals surface area contributed by atoms with Gasteiger partial charge in [-0.15, -0.1) is 0 Å². The van der Waals surface area contributed by atoms with Gasteiger partial charge in [-0.05, 0) is 48.9 Å². The molecule has 1 atom stereocenters. The highest BCUT2D eigenvalue weighted by molar-refractivity contribution is 6.63. The normalized spacial score (nSPS) is 18.7. The molecule has 0 saturated heterocycles. The van der Waals surface area contributed by atoms with E-state index in [4.69, 9.17) is 4.74 Å². The molecular formula is C24H25NO6. The number of ether oxygens (including phenoxy) is 1. The number of phenols is 1. The molecule has 2 N–H and O–H groups in total. The third kappa shape index (κ3) is 5.78. The van der Waals surface area contributed by atoms with Crippen molar-refractivity contribution in [1.82, 2.24) is 0 Å². The van der Waals surface area contributed by atoms with Crippen molar-refractivity contribution in [3.05, 3.63) is 53.6 Å². The van der Waals surface area contributed by atoms with E-state index in [2.05, 4.69) is 5.32 Å². The van der Waals surface area contributed by atoms with Gasteiger partial charge in [-0.25, -0.2) is 4.79 Å². The van der Waals surface area contributed by atoms with E-state index in [0.29, 0.717) is 17.7 Å². The Morgan fingerprint density at radius 3 is 2.39 bits per heavy atom. The Morgan fingerprint density at radius 2 is 1.65 bits per heavy atom. The topological polar surface area (TPSA) is 110 Å². The molecule has 7 heteroatoms. The molecule has 1 heterocycles. The molecule has 0 spiro atoms. The van der Waals surface area contributed by atoms with Crippen LogP contribution in [0.25, 0.3) is 0 Å². The van der Waals surface area contributed by atoms with Gasteiger partial charge in [-0.3, -0.25) is 14.4 Å². The average molecular weight is 423 g/mol. The number of anilines is 2. The van der Waals surface area contributed by atoms with Crippen molar-refractivity contribution in [2.75, 3.05) is 11.9 Å². The Balaban J connectivity index is 1.90. The number of cyclic esters (lactones) is 1. The lowest BCUT2D eigenvalue weighted by molar-refractivity contribution is -0.144. The molecule has 0 aromatic heterocycles. The van der Waals surface area contributed by atoms with E-state index >= 15 is 0 Å². The van der Waals surface area contributed by atoms with E-state index < -0.39 is 23.3 Å². The van der Waals surface area contributed by atoms with E-state index in [-0.39, 0.29) is 49.5 Å². The predicted octanol–water partition coefficient (Wildman–Crippen LogP) is 3.75. The summed E-state index contributed by atoms with van der Waals surface area (Å²) in [5, 5.41) is 13.7. The number of aromatic hydroxyl groups is 1. The molecule has 0 radical (unpaired) electrons. The molecule has 2 aromatic carbocycles. The van der Waals surface area contributed by atoms with Gasteiger partial charge in [0.2, 0.25) is 11.6 Å². The van der Waals surface area contributed by atoms with Gasteiger partial charge in [0.15, 0.2) is 0 Å². The van der Waals surface area contributed by atoms with Crippen LogP contribution in [0.5, 0.6) is 5.75 Å². The van der Waals surface area contributed by atoms with Crippen LogP contribution in [0.2, 0.25) is 0 Å². The number of aryl methyl sites for hydroxylation is 1. The minimum atomic E-state index is -0.969. The number of ketones is 3. The fourth-order valence-corrected chi connectivity index (χ4v) is 3.45. The first-order valence-corrected chi connectivity index (χ1v) is 10.3. The van der Waals surface area contributed by atoms with E-state index in [0.717, 1.165) is 5.69 Å². The fourth-order valence-electron chi connectivity index (χ4n) is 3.45. The molecule has 0 bridgehead atoms. The first-order chi connectivity index (χ1) is 14.8. The second kappa shape index (κ2) is 10.0. The first-order valence-electron chi connectivity index (χ1n) is 10.3. The van der Waals surface area contributed by atoms with Crippen LogP contribution in [0.15, 0.2) is 42.5 Å². The zero-order valence-corrected chi connectivity index (χ0v) is 17.3. The number of hydrogen-bond acceptors (Lipinski definition) is 7. The number of nitrogens with one attached hydrogen (secondary N) is 1. The maximum absolute atomic E-state index is 12.7. The van der Waals surface area contributed by atoms with Crippen molar-refractivity contribution in [1.29, 1.82) is 0 Å². The van der Waals surface area contributed by atoms with Crippen molar-refractivity contribution in [2.24, 2.45) is 5.92 Å². The predicted molar refractivity (Wildman–Crippen MR) is 114 cm³/mol. The highest BCUT2D eigenvalue weighted by Gasteiger charge is 2.25. The fraction of sp³-hybridized carbons (Fsp3) is 0.333. The minimum absolute atomic E-state index is 0.0388. The quantitative estimate of drug-likeness (QED) is 0.559. The number of esters is 1. The molecule has 3 rings (SSSR count). The number of fused-ring (bicyclic) bond motifs is 1. The van der Waals surface area contributed by atoms with Crippen LogP contribution < -0.4 is 5.32 Å². The number of para-hydroxylation sites is 1. The van der Waals surface area contributed by atoms with Crippen LogP contribution in [0.1, 0.15) is 48.5 Å². The van der Waals surface area contributed by atoms with Crippen LogP contribution in [-0.4, -0.2) is 35.0 Å². The largest absolute Gasteiger partial charge is 0.507 e. The molecule has 1 aliphatic rings. The Hall–Kier alpha value is -3.48. The third-order valence-corrected chi connectivity index (χ3v) is 5.19. The highest BCUT2D eigenvalue weighted by Crippen LogP contribution is 2.30. The molecule has 0 saturated carbocycles. The smallest absolute Gasteiger partial charge is 0.342 e. The monoisotopic (exact) mass is 423 g/mol. The average Bonchev–Trinajstić information content (AvgIpc) is 2.75. The summed E-state index contributed by atoms with van der Waals surface area (Å²) in [5.74, 6) is -3.45. The number of Topliss-reactive ketones (excluding diaryl/α,β-unsaturated/α-hetero) is 3. The van der Waals surface area contributed by atoms with Gasteiger partial charge in [-0.1, -0.05) is 25.1 Å².